The SMILES string of the molecule is C=C1C[C@]2(CCC3C(C)CCC[C@@]3(C)C2)CC1CC. The zero-order valence-electron chi connectivity index (χ0n) is 13.3. The van der Waals surface area contributed by atoms with Crippen LogP contribution in [0.25, 0.3) is 0 Å². The molecule has 0 aromatic heterocycles. The second kappa shape index (κ2) is 4.64. The summed E-state index contributed by atoms with van der Waals surface area (Å²) in [7, 11) is 0. The smallest absolute Gasteiger partial charge is 0.0203 e. The molecular weight excluding hydrogens is 228 g/mol. The summed E-state index contributed by atoms with van der Waals surface area (Å²) in [5.74, 6) is 2.82. The van der Waals surface area contributed by atoms with E-state index in [9.17, 15) is 0 Å². The first-order chi connectivity index (χ1) is 8.98. The van der Waals surface area contributed by atoms with Gasteiger partial charge in [0.1, 0.15) is 0 Å². The molecule has 0 radical (unpaired) electrons. The standard InChI is InChI=1S/C19H32/c1-5-16-12-19(11-15(16)3)10-8-17-14(2)7-6-9-18(17,4)13-19/h14,16-17H,3,5-13H2,1-2,4H3/t14?,16?,17?,18-,19+/m0/s1. The third kappa shape index (κ3) is 2.20. The maximum atomic E-state index is 4.40. The average molecular weight is 260 g/mol. The van der Waals surface area contributed by atoms with Crippen LogP contribution in [0.3, 0.4) is 0 Å². The maximum Gasteiger partial charge on any atom is -0.0203 e. The van der Waals surface area contributed by atoms with Gasteiger partial charge in [-0.15, -0.1) is 0 Å². The van der Waals surface area contributed by atoms with E-state index in [4.69, 9.17) is 0 Å². The predicted octanol–water partition coefficient (Wildman–Crippen LogP) is 5.98. The number of hydrogen-bond donors (Lipinski definition) is 0. The Morgan fingerprint density at radius 3 is 2.74 bits per heavy atom. The minimum atomic E-state index is 0.652. The molecule has 0 nitrogen and oxygen atoms in total. The molecular formula is C19H32. The van der Waals surface area contributed by atoms with Gasteiger partial charge in [0.25, 0.3) is 0 Å². The molecule has 0 saturated heterocycles. The van der Waals surface area contributed by atoms with Gasteiger partial charge in [0.05, 0.1) is 0 Å². The molecule has 0 amide bonds. The van der Waals surface area contributed by atoms with Crippen LogP contribution in [0.5, 0.6) is 0 Å². The molecule has 108 valence electrons. The highest BCUT2D eigenvalue weighted by molar-refractivity contribution is 5.16. The van der Waals surface area contributed by atoms with Crippen LogP contribution in [-0.4, -0.2) is 0 Å². The van der Waals surface area contributed by atoms with E-state index in [1.807, 2.05) is 0 Å². The number of allylic oxidation sites excluding steroid dienone is 1. The zero-order valence-corrected chi connectivity index (χ0v) is 13.3. The van der Waals surface area contributed by atoms with Gasteiger partial charge in [0.2, 0.25) is 0 Å². The molecule has 0 heteroatoms. The van der Waals surface area contributed by atoms with Gasteiger partial charge < -0.3 is 0 Å². The van der Waals surface area contributed by atoms with E-state index in [-0.39, 0.29) is 0 Å². The molecule has 0 bridgehead atoms. The van der Waals surface area contributed by atoms with Gasteiger partial charge in [-0.2, -0.15) is 0 Å². The highest BCUT2D eigenvalue weighted by Gasteiger charge is 2.52. The molecule has 5 atom stereocenters. The minimum absolute atomic E-state index is 0.652. The zero-order chi connectivity index (χ0) is 13.7. The van der Waals surface area contributed by atoms with Crippen LogP contribution < -0.4 is 0 Å². The lowest BCUT2D eigenvalue weighted by atomic mass is 9.51. The van der Waals surface area contributed by atoms with E-state index in [0.29, 0.717) is 10.8 Å². The minimum Gasteiger partial charge on any atom is -0.0996 e. The van der Waals surface area contributed by atoms with Crippen LogP contribution in [0.1, 0.15) is 78.6 Å². The van der Waals surface area contributed by atoms with E-state index in [1.54, 1.807) is 5.57 Å². The molecule has 3 rings (SSSR count). The lowest BCUT2D eigenvalue weighted by Gasteiger charge is -2.54. The van der Waals surface area contributed by atoms with E-state index in [1.165, 1.54) is 57.8 Å². The van der Waals surface area contributed by atoms with Crippen molar-refractivity contribution in [3.05, 3.63) is 12.2 Å². The second-order valence-corrected chi connectivity index (χ2v) is 8.49. The second-order valence-electron chi connectivity index (χ2n) is 8.49. The van der Waals surface area contributed by atoms with Gasteiger partial charge in [0, 0.05) is 0 Å². The Balaban J connectivity index is 1.80. The number of fused-ring (bicyclic) bond motifs is 1. The third-order valence-corrected chi connectivity index (χ3v) is 7.11. The molecule has 0 aromatic carbocycles. The summed E-state index contributed by atoms with van der Waals surface area (Å²) in [6.45, 7) is 11.9. The van der Waals surface area contributed by atoms with Crippen molar-refractivity contribution >= 4 is 0 Å². The summed E-state index contributed by atoms with van der Waals surface area (Å²) < 4.78 is 0. The van der Waals surface area contributed by atoms with Crippen LogP contribution >= 0.6 is 0 Å². The fourth-order valence-electron chi connectivity index (χ4n) is 6.28. The van der Waals surface area contributed by atoms with Crippen molar-refractivity contribution in [3.8, 4) is 0 Å². The topological polar surface area (TPSA) is 0 Å². The third-order valence-electron chi connectivity index (χ3n) is 7.11. The quantitative estimate of drug-likeness (QED) is 0.509. The molecule has 1 spiro atoms. The molecule has 0 heterocycles. The summed E-state index contributed by atoms with van der Waals surface area (Å²) in [6, 6.07) is 0. The Hall–Kier alpha value is -0.260. The van der Waals surface area contributed by atoms with Gasteiger partial charge in [-0.3, -0.25) is 0 Å². The number of hydrogen-bond acceptors (Lipinski definition) is 0. The van der Waals surface area contributed by atoms with E-state index < -0.39 is 0 Å². The van der Waals surface area contributed by atoms with E-state index >= 15 is 0 Å². The van der Waals surface area contributed by atoms with Gasteiger partial charge in [-0.1, -0.05) is 45.8 Å². The van der Waals surface area contributed by atoms with Crippen molar-refractivity contribution < 1.29 is 0 Å². The van der Waals surface area contributed by atoms with Crippen molar-refractivity contribution in [2.75, 3.05) is 0 Å². The molecule has 19 heavy (non-hydrogen) atoms. The first-order valence-corrected chi connectivity index (χ1v) is 8.66. The van der Waals surface area contributed by atoms with Crippen LogP contribution in [0, 0.1) is 28.6 Å². The average Bonchev–Trinajstić information content (AvgIpc) is 2.64. The largest absolute Gasteiger partial charge is 0.0996 e. The molecule has 3 aliphatic carbocycles. The molecule has 0 N–H and O–H groups in total. The first kappa shape index (κ1) is 13.7. The van der Waals surface area contributed by atoms with Gasteiger partial charge in [-0.05, 0) is 73.5 Å². The molecule has 3 fully saturated rings. The monoisotopic (exact) mass is 260 g/mol. The van der Waals surface area contributed by atoms with Crippen LogP contribution in [0.15, 0.2) is 12.2 Å². The van der Waals surface area contributed by atoms with Gasteiger partial charge in [0.15, 0.2) is 0 Å². The van der Waals surface area contributed by atoms with E-state index in [0.717, 1.165) is 17.8 Å². The van der Waals surface area contributed by atoms with Crippen LogP contribution in [-0.2, 0) is 0 Å². The van der Waals surface area contributed by atoms with Crippen molar-refractivity contribution in [1.29, 1.82) is 0 Å². The fourth-order valence-corrected chi connectivity index (χ4v) is 6.28. The van der Waals surface area contributed by atoms with Crippen molar-refractivity contribution in [1.82, 2.24) is 0 Å². The fraction of sp³-hybridized carbons (Fsp3) is 0.895. The molecule has 3 unspecified atom stereocenters. The van der Waals surface area contributed by atoms with E-state index in [2.05, 4.69) is 27.4 Å². The summed E-state index contributed by atoms with van der Waals surface area (Å²) in [4.78, 5) is 0. The van der Waals surface area contributed by atoms with Gasteiger partial charge >= 0.3 is 0 Å². The highest BCUT2D eigenvalue weighted by atomic mass is 14.6. The molecule has 3 saturated carbocycles. The Labute approximate surface area is 120 Å². The first-order valence-electron chi connectivity index (χ1n) is 8.66. The molecule has 0 aromatic rings. The van der Waals surface area contributed by atoms with Crippen LogP contribution in [0.4, 0.5) is 0 Å². The summed E-state index contributed by atoms with van der Waals surface area (Å²) in [5.41, 5.74) is 2.88. The molecule has 0 aliphatic heterocycles. The van der Waals surface area contributed by atoms with Crippen LogP contribution in [0.2, 0.25) is 0 Å². The Bertz CT molecular complexity index is 368. The van der Waals surface area contributed by atoms with Crippen molar-refractivity contribution in [2.45, 2.75) is 78.6 Å². The Morgan fingerprint density at radius 1 is 1.26 bits per heavy atom. The Morgan fingerprint density at radius 2 is 2.05 bits per heavy atom. The highest BCUT2D eigenvalue weighted by Crippen LogP contribution is 2.63. The Kier molecular flexibility index (Phi) is 3.35. The lowest BCUT2D eigenvalue weighted by Crippen LogP contribution is -2.44. The van der Waals surface area contributed by atoms with Gasteiger partial charge in [-0.25, -0.2) is 0 Å². The molecule has 3 aliphatic rings. The predicted molar refractivity (Wildman–Crippen MR) is 83.1 cm³/mol. The normalized spacial score (nSPS) is 50.5. The summed E-state index contributed by atoms with van der Waals surface area (Å²) in [5, 5.41) is 0. The summed E-state index contributed by atoms with van der Waals surface area (Å²) >= 11 is 0. The van der Waals surface area contributed by atoms with Crippen molar-refractivity contribution in [2.24, 2.45) is 28.6 Å². The maximum absolute atomic E-state index is 4.40. The number of rotatable bonds is 1. The lowest BCUT2D eigenvalue weighted by molar-refractivity contribution is -0.0407. The summed E-state index contributed by atoms with van der Waals surface area (Å²) in [6.07, 6.45) is 13.1. The van der Waals surface area contributed by atoms with Crippen molar-refractivity contribution in [3.63, 3.8) is 0 Å².